The zero-order valence-corrected chi connectivity index (χ0v) is 15.3. The summed E-state index contributed by atoms with van der Waals surface area (Å²) in [6, 6.07) is 6.24. The van der Waals surface area contributed by atoms with Crippen LogP contribution in [0.5, 0.6) is 5.75 Å². The van der Waals surface area contributed by atoms with Gasteiger partial charge in [-0.2, -0.15) is 0 Å². The number of carbonyl (C=O) groups excluding carboxylic acids is 2. The van der Waals surface area contributed by atoms with Crippen LogP contribution < -0.4 is 4.74 Å². The predicted molar refractivity (Wildman–Crippen MR) is 96.7 cm³/mol. The van der Waals surface area contributed by atoms with E-state index in [0.29, 0.717) is 25.4 Å². The van der Waals surface area contributed by atoms with Crippen molar-refractivity contribution in [2.45, 2.75) is 44.9 Å². The number of hydrogen-bond acceptors (Lipinski definition) is 3. The fourth-order valence-electron chi connectivity index (χ4n) is 4.05. The van der Waals surface area contributed by atoms with Crippen LogP contribution in [0.2, 0.25) is 0 Å². The van der Waals surface area contributed by atoms with E-state index in [1.807, 2.05) is 15.9 Å². The molecule has 1 unspecified atom stereocenters. The van der Waals surface area contributed by atoms with E-state index in [0.717, 1.165) is 44.5 Å². The molecule has 1 aromatic rings. The Morgan fingerprint density at radius 3 is 2.64 bits per heavy atom. The number of ether oxygens (including phenoxy) is 1. The molecule has 0 aromatic heterocycles. The number of carbonyl (C=O) groups is 2. The third-order valence-electron chi connectivity index (χ3n) is 5.50. The van der Waals surface area contributed by atoms with Crippen molar-refractivity contribution < 1.29 is 14.3 Å². The lowest BCUT2D eigenvalue weighted by atomic mass is 9.80. The smallest absolute Gasteiger partial charge is 0.223 e. The molecule has 1 atom stereocenters. The molecule has 0 bridgehead atoms. The maximum absolute atomic E-state index is 12.8. The van der Waals surface area contributed by atoms with Gasteiger partial charge in [-0.25, -0.2) is 0 Å². The van der Waals surface area contributed by atoms with Crippen LogP contribution in [0, 0.1) is 0 Å². The fourth-order valence-corrected chi connectivity index (χ4v) is 4.05. The van der Waals surface area contributed by atoms with Gasteiger partial charge >= 0.3 is 0 Å². The Labute approximate surface area is 149 Å². The SMILES string of the molecule is COc1ccc2c(c1)CCCC2CC(=O)N1CCCN(C(C)=O)CC1. The minimum atomic E-state index is 0.101. The van der Waals surface area contributed by atoms with Gasteiger partial charge in [-0.05, 0) is 54.9 Å². The summed E-state index contributed by atoms with van der Waals surface area (Å²) in [6.07, 6.45) is 4.69. The van der Waals surface area contributed by atoms with E-state index in [1.54, 1.807) is 14.0 Å². The van der Waals surface area contributed by atoms with Crippen molar-refractivity contribution in [3.63, 3.8) is 0 Å². The van der Waals surface area contributed by atoms with E-state index in [-0.39, 0.29) is 11.8 Å². The van der Waals surface area contributed by atoms with Crippen molar-refractivity contribution in [3.8, 4) is 5.75 Å². The van der Waals surface area contributed by atoms with E-state index in [4.69, 9.17) is 4.74 Å². The molecule has 1 fully saturated rings. The minimum absolute atomic E-state index is 0.101. The van der Waals surface area contributed by atoms with Gasteiger partial charge in [-0.3, -0.25) is 9.59 Å². The Bertz CT molecular complexity index is 644. The molecule has 1 heterocycles. The number of methoxy groups -OCH3 is 1. The van der Waals surface area contributed by atoms with E-state index in [2.05, 4.69) is 12.1 Å². The van der Waals surface area contributed by atoms with Crippen molar-refractivity contribution in [2.75, 3.05) is 33.3 Å². The van der Waals surface area contributed by atoms with Crippen molar-refractivity contribution in [2.24, 2.45) is 0 Å². The lowest BCUT2D eigenvalue weighted by molar-refractivity contribution is -0.133. The summed E-state index contributed by atoms with van der Waals surface area (Å²) in [7, 11) is 1.69. The van der Waals surface area contributed by atoms with E-state index in [1.165, 1.54) is 11.1 Å². The Hall–Kier alpha value is -2.04. The van der Waals surface area contributed by atoms with Crippen LogP contribution >= 0.6 is 0 Å². The van der Waals surface area contributed by atoms with E-state index < -0.39 is 0 Å². The first kappa shape index (κ1) is 17.8. The normalized spacial score (nSPS) is 20.6. The third-order valence-corrected chi connectivity index (χ3v) is 5.50. The highest BCUT2D eigenvalue weighted by atomic mass is 16.5. The van der Waals surface area contributed by atoms with Crippen LogP contribution in [0.15, 0.2) is 18.2 Å². The van der Waals surface area contributed by atoms with Gasteiger partial charge in [-0.15, -0.1) is 0 Å². The van der Waals surface area contributed by atoms with Gasteiger partial charge in [0.1, 0.15) is 5.75 Å². The first-order chi connectivity index (χ1) is 12.1. The lowest BCUT2D eigenvalue weighted by Gasteiger charge is -2.28. The Morgan fingerprint density at radius 2 is 1.88 bits per heavy atom. The first-order valence-corrected chi connectivity index (χ1v) is 9.28. The van der Waals surface area contributed by atoms with Crippen LogP contribution in [0.4, 0.5) is 0 Å². The number of amides is 2. The molecule has 25 heavy (non-hydrogen) atoms. The minimum Gasteiger partial charge on any atom is -0.497 e. The Kier molecular flexibility index (Phi) is 5.61. The lowest BCUT2D eigenvalue weighted by Crippen LogP contribution is -2.37. The van der Waals surface area contributed by atoms with Gasteiger partial charge in [0.2, 0.25) is 11.8 Å². The molecule has 0 spiro atoms. The van der Waals surface area contributed by atoms with Crippen LogP contribution in [0.3, 0.4) is 0 Å². The molecule has 1 saturated heterocycles. The largest absolute Gasteiger partial charge is 0.497 e. The second-order valence-corrected chi connectivity index (χ2v) is 7.10. The number of hydrogen-bond donors (Lipinski definition) is 0. The standard InChI is InChI=1S/C20H28N2O3/c1-15(23)21-9-4-10-22(12-11-21)20(24)14-17-6-3-5-16-13-18(25-2)7-8-19(16)17/h7-8,13,17H,3-6,9-12,14H2,1-2H3. The van der Waals surface area contributed by atoms with Gasteiger partial charge in [0.15, 0.2) is 0 Å². The third kappa shape index (κ3) is 4.14. The summed E-state index contributed by atoms with van der Waals surface area (Å²) in [5, 5.41) is 0. The fraction of sp³-hybridized carbons (Fsp3) is 0.600. The van der Waals surface area contributed by atoms with E-state index in [9.17, 15) is 9.59 Å². The molecule has 2 amide bonds. The van der Waals surface area contributed by atoms with Gasteiger partial charge < -0.3 is 14.5 Å². The number of rotatable bonds is 3. The topological polar surface area (TPSA) is 49.9 Å². The maximum atomic E-state index is 12.8. The maximum Gasteiger partial charge on any atom is 0.223 e. The van der Waals surface area contributed by atoms with E-state index >= 15 is 0 Å². The molecule has 2 aliphatic rings. The Morgan fingerprint density at radius 1 is 1.12 bits per heavy atom. The summed E-state index contributed by atoms with van der Waals surface area (Å²) in [5.74, 6) is 1.51. The number of nitrogens with zero attached hydrogens (tertiary/aromatic N) is 2. The van der Waals surface area contributed by atoms with Gasteiger partial charge in [0, 0.05) is 39.5 Å². The molecular weight excluding hydrogens is 316 g/mol. The number of benzene rings is 1. The van der Waals surface area contributed by atoms with Crippen LogP contribution in [-0.4, -0.2) is 54.9 Å². The van der Waals surface area contributed by atoms with Gasteiger partial charge in [0.25, 0.3) is 0 Å². The zero-order chi connectivity index (χ0) is 17.8. The predicted octanol–water partition coefficient (Wildman–Crippen LogP) is 2.59. The van der Waals surface area contributed by atoms with Gasteiger partial charge in [-0.1, -0.05) is 6.07 Å². The van der Waals surface area contributed by atoms with Gasteiger partial charge in [0.05, 0.1) is 7.11 Å². The molecule has 136 valence electrons. The quantitative estimate of drug-likeness (QED) is 0.847. The summed E-state index contributed by atoms with van der Waals surface area (Å²) in [6.45, 7) is 4.42. The Balaban J connectivity index is 1.65. The number of fused-ring (bicyclic) bond motifs is 1. The summed E-state index contributed by atoms with van der Waals surface area (Å²) < 4.78 is 5.33. The molecule has 1 aromatic carbocycles. The van der Waals surface area contributed by atoms with Crippen molar-refractivity contribution in [1.82, 2.24) is 9.80 Å². The van der Waals surface area contributed by atoms with Crippen molar-refractivity contribution >= 4 is 11.8 Å². The second-order valence-electron chi connectivity index (χ2n) is 7.10. The molecule has 5 nitrogen and oxygen atoms in total. The molecule has 1 aliphatic carbocycles. The zero-order valence-electron chi connectivity index (χ0n) is 15.3. The molecule has 1 aliphatic heterocycles. The molecular formula is C20H28N2O3. The first-order valence-electron chi connectivity index (χ1n) is 9.28. The highest BCUT2D eigenvalue weighted by Gasteiger charge is 2.26. The van der Waals surface area contributed by atoms with Crippen LogP contribution in [0.1, 0.15) is 49.7 Å². The molecule has 0 saturated carbocycles. The molecule has 0 N–H and O–H groups in total. The average Bonchev–Trinajstić information content (AvgIpc) is 2.88. The second kappa shape index (κ2) is 7.89. The monoisotopic (exact) mass is 344 g/mol. The highest BCUT2D eigenvalue weighted by Crippen LogP contribution is 2.36. The van der Waals surface area contributed by atoms with Crippen molar-refractivity contribution in [3.05, 3.63) is 29.3 Å². The van der Waals surface area contributed by atoms with Crippen molar-refractivity contribution in [1.29, 1.82) is 0 Å². The summed E-state index contributed by atoms with van der Waals surface area (Å²) in [4.78, 5) is 28.2. The molecule has 3 rings (SSSR count). The van der Waals surface area contributed by atoms with Crippen LogP contribution in [-0.2, 0) is 16.0 Å². The molecule has 0 radical (unpaired) electrons. The summed E-state index contributed by atoms with van der Waals surface area (Å²) >= 11 is 0. The number of aryl methyl sites for hydroxylation is 1. The van der Waals surface area contributed by atoms with Crippen LogP contribution in [0.25, 0.3) is 0 Å². The average molecular weight is 344 g/mol. The highest BCUT2D eigenvalue weighted by molar-refractivity contribution is 5.78. The summed E-state index contributed by atoms with van der Waals surface area (Å²) in [5.41, 5.74) is 2.63. The molecule has 5 heteroatoms.